The molecule has 3 aliphatic rings. The molecule has 0 radical (unpaired) electrons. The summed E-state index contributed by atoms with van der Waals surface area (Å²) in [6.07, 6.45) is 6.48. The third kappa shape index (κ3) is 2.83. The Morgan fingerprint density at radius 2 is 2.24 bits per heavy atom. The van der Waals surface area contributed by atoms with Crippen molar-refractivity contribution in [3.63, 3.8) is 0 Å². The molecule has 3 heteroatoms. The van der Waals surface area contributed by atoms with E-state index in [-0.39, 0.29) is 5.60 Å². The predicted octanol–water partition coefficient (Wildman–Crippen LogP) is 4.28. The number of thioether (sulfide) groups is 1. The van der Waals surface area contributed by atoms with Crippen molar-refractivity contribution < 1.29 is 4.74 Å². The van der Waals surface area contributed by atoms with Crippen LogP contribution in [0.1, 0.15) is 43.6 Å². The Balaban J connectivity index is 1.46. The van der Waals surface area contributed by atoms with Crippen molar-refractivity contribution in [3.8, 4) is 0 Å². The van der Waals surface area contributed by atoms with Crippen molar-refractivity contribution in [2.75, 3.05) is 30.0 Å². The molecule has 4 rings (SSSR count). The molecule has 3 unspecified atom stereocenters. The van der Waals surface area contributed by atoms with Gasteiger partial charge in [0.2, 0.25) is 0 Å². The second-order valence-electron chi connectivity index (χ2n) is 6.93. The van der Waals surface area contributed by atoms with Gasteiger partial charge in [-0.05, 0) is 61.3 Å². The van der Waals surface area contributed by atoms with Gasteiger partial charge in [0.1, 0.15) is 0 Å². The minimum Gasteiger partial charge on any atom is -0.385 e. The highest BCUT2D eigenvalue weighted by Gasteiger charge is 2.41. The monoisotopic (exact) mass is 303 g/mol. The van der Waals surface area contributed by atoms with E-state index in [1.54, 1.807) is 5.56 Å². The lowest BCUT2D eigenvalue weighted by Gasteiger charge is -2.39. The maximum atomic E-state index is 6.18. The minimum atomic E-state index is 0.236. The maximum absolute atomic E-state index is 6.18. The molecule has 2 nitrogen and oxygen atoms in total. The molecule has 1 aromatic carbocycles. The number of hydrogen-bond acceptors (Lipinski definition) is 3. The molecule has 3 aliphatic heterocycles. The molecule has 114 valence electrons. The summed E-state index contributed by atoms with van der Waals surface area (Å²) < 4.78 is 6.18. The smallest absolute Gasteiger partial charge is 0.0783 e. The van der Waals surface area contributed by atoms with Gasteiger partial charge in [0.25, 0.3) is 0 Å². The van der Waals surface area contributed by atoms with E-state index in [2.05, 4.69) is 41.3 Å². The molecule has 1 N–H and O–H groups in total. The summed E-state index contributed by atoms with van der Waals surface area (Å²) in [6.45, 7) is 2.11. The molecule has 0 amide bonds. The third-order valence-electron chi connectivity index (χ3n) is 5.49. The second-order valence-corrected chi connectivity index (χ2v) is 8.03. The van der Waals surface area contributed by atoms with Gasteiger partial charge in [-0.1, -0.05) is 18.2 Å². The normalized spacial score (nSPS) is 35.4. The van der Waals surface area contributed by atoms with Crippen LogP contribution in [0.5, 0.6) is 0 Å². The molecular weight excluding hydrogens is 278 g/mol. The van der Waals surface area contributed by atoms with Crippen molar-refractivity contribution in [2.45, 2.75) is 43.6 Å². The topological polar surface area (TPSA) is 21.3 Å². The number of fused-ring (bicyclic) bond motifs is 1. The lowest BCUT2D eigenvalue weighted by Crippen LogP contribution is -2.40. The first-order chi connectivity index (χ1) is 10.3. The number of anilines is 1. The average molecular weight is 303 g/mol. The SMILES string of the molecule is c1ccc2c(c1)NCCC2CC1CCOC2(CCSC2)C1. The standard InChI is InChI=1S/C18H25NOS/c1-2-4-17-16(3-1)15(5-8-19-17)11-14-6-9-20-18(12-14)7-10-21-13-18/h1-4,14-15,19H,5-13H2. The number of hydrogen-bond donors (Lipinski definition) is 1. The molecular formula is C18H25NOS. The molecule has 1 spiro atoms. The van der Waals surface area contributed by atoms with Crippen molar-refractivity contribution in [2.24, 2.45) is 5.92 Å². The van der Waals surface area contributed by atoms with E-state index in [9.17, 15) is 0 Å². The summed E-state index contributed by atoms with van der Waals surface area (Å²) in [6, 6.07) is 8.90. The first kappa shape index (κ1) is 14.0. The lowest BCUT2D eigenvalue weighted by molar-refractivity contribution is -0.0815. The maximum Gasteiger partial charge on any atom is 0.0783 e. The van der Waals surface area contributed by atoms with E-state index >= 15 is 0 Å². The van der Waals surface area contributed by atoms with Crippen molar-refractivity contribution in [1.82, 2.24) is 0 Å². The summed E-state index contributed by atoms with van der Waals surface area (Å²) in [5, 5.41) is 3.55. The molecule has 0 bridgehead atoms. The van der Waals surface area contributed by atoms with Crippen LogP contribution in [0.3, 0.4) is 0 Å². The fourth-order valence-corrected chi connectivity index (χ4v) is 5.77. The third-order valence-corrected chi connectivity index (χ3v) is 6.71. The fraction of sp³-hybridized carbons (Fsp3) is 0.667. The Kier molecular flexibility index (Phi) is 3.89. The van der Waals surface area contributed by atoms with Crippen molar-refractivity contribution in [1.29, 1.82) is 0 Å². The molecule has 0 saturated carbocycles. The van der Waals surface area contributed by atoms with Crippen LogP contribution in [0.2, 0.25) is 0 Å². The molecule has 3 heterocycles. The number of ether oxygens (including phenoxy) is 1. The minimum absolute atomic E-state index is 0.236. The average Bonchev–Trinajstić information content (AvgIpc) is 2.95. The number of rotatable bonds is 2. The van der Waals surface area contributed by atoms with Gasteiger partial charge in [0, 0.05) is 24.6 Å². The first-order valence-electron chi connectivity index (χ1n) is 8.39. The van der Waals surface area contributed by atoms with Crippen LogP contribution in [-0.4, -0.2) is 30.3 Å². The molecule has 0 aromatic heterocycles. The van der Waals surface area contributed by atoms with Gasteiger partial charge in [-0.15, -0.1) is 0 Å². The van der Waals surface area contributed by atoms with E-state index in [0.29, 0.717) is 0 Å². The van der Waals surface area contributed by atoms with Gasteiger partial charge in [-0.3, -0.25) is 0 Å². The number of para-hydroxylation sites is 1. The van der Waals surface area contributed by atoms with Gasteiger partial charge in [-0.25, -0.2) is 0 Å². The van der Waals surface area contributed by atoms with Gasteiger partial charge in [0.05, 0.1) is 5.60 Å². The highest BCUT2D eigenvalue weighted by molar-refractivity contribution is 7.99. The second kappa shape index (κ2) is 5.85. The number of benzene rings is 1. The van der Waals surface area contributed by atoms with Crippen LogP contribution in [0, 0.1) is 5.92 Å². The number of nitrogens with one attached hydrogen (secondary N) is 1. The summed E-state index contributed by atoms with van der Waals surface area (Å²) in [5.74, 6) is 4.13. The Morgan fingerprint density at radius 3 is 3.14 bits per heavy atom. The van der Waals surface area contributed by atoms with E-state index in [1.165, 1.54) is 49.3 Å². The van der Waals surface area contributed by atoms with Crippen LogP contribution in [-0.2, 0) is 4.74 Å². The molecule has 2 saturated heterocycles. The fourth-order valence-electron chi connectivity index (χ4n) is 4.39. The highest BCUT2D eigenvalue weighted by Crippen LogP contribution is 2.44. The quantitative estimate of drug-likeness (QED) is 0.881. The van der Waals surface area contributed by atoms with Crippen LogP contribution in [0.25, 0.3) is 0 Å². The summed E-state index contributed by atoms with van der Waals surface area (Å²) in [7, 11) is 0. The van der Waals surface area contributed by atoms with Crippen LogP contribution >= 0.6 is 11.8 Å². The van der Waals surface area contributed by atoms with Gasteiger partial charge in [-0.2, -0.15) is 11.8 Å². The summed E-state index contributed by atoms with van der Waals surface area (Å²) in [4.78, 5) is 0. The van der Waals surface area contributed by atoms with E-state index in [1.807, 2.05) is 0 Å². The zero-order chi connectivity index (χ0) is 14.1. The zero-order valence-electron chi connectivity index (χ0n) is 12.6. The molecule has 2 fully saturated rings. The van der Waals surface area contributed by atoms with Crippen LogP contribution in [0.4, 0.5) is 5.69 Å². The van der Waals surface area contributed by atoms with E-state index in [0.717, 1.165) is 25.0 Å². The Hall–Kier alpha value is -0.670. The first-order valence-corrected chi connectivity index (χ1v) is 9.55. The Bertz CT molecular complexity index is 498. The van der Waals surface area contributed by atoms with Gasteiger partial charge in [0.15, 0.2) is 0 Å². The lowest BCUT2D eigenvalue weighted by atomic mass is 9.77. The van der Waals surface area contributed by atoms with Crippen LogP contribution < -0.4 is 5.32 Å². The van der Waals surface area contributed by atoms with E-state index in [4.69, 9.17) is 4.74 Å². The molecule has 1 aromatic rings. The Morgan fingerprint density at radius 1 is 1.29 bits per heavy atom. The highest BCUT2D eigenvalue weighted by atomic mass is 32.2. The summed E-state index contributed by atoms with van der Waals surface area (Å²) in [5.41, 5.74) is 3.15. The largest absolute Gasteiger partial charge is 0.385 e. The van der Waals surface area contributed by atoms with Crippen molar-refractivity contribution in [3.05, 3.63) is 29.8 Å². The molecule has 21 heavy (non-hydrogen) atoms. The van der Waals surface area contributed by atoms with Gasteiger partial charge < -0.3 is 10.1 Å². The summed E-state index contributed by atoms with van der Waals surface area (Å²) >= 11 is 2.08. The Labute approximate surface area is 132 Å². The van der Waals surface area contributed by atoms with Crippen molar-refractivity contribution >= 4 is 17.4 Å². The predicted molar refractivity (Wildman–Crippen MR) is 90.3 cm³/mol. The van der Waals surface area contributed by atoms with E-state index < -0.39 is 0 Å². The van der Waals surface area contributed by atoms with Crippen LogP contribution in [0.15, 0.2) is 24.3 Å². The van der Waals surface area contributed by atoms with Gasteiger partial charge >= 0.3 is 0 Å². The zero-order valence-corrected chi connectivity index (χ0v) is 13.5. The molecule has 3 atom stereocenters. The molecule has 0 aliphatic carbocycles.